The zero-order chi connectivity index (χ0) is 21.0. The highest BCUT2D eigenvalue weighted by Crippen LogP contribution is 2.47. The van der Waals surface area contributed by atoms with Gasteiger partial charge in [0.1, 0.15) is 11.6 Å². The summed E-state index contributed by atoms with van der Waals surface area (Å²) < 4.78 is 13.6. The topological polar surface area (TPSA) is 55.8 Å². The van der Waals surface area contributed by atoms with Crippen LogP contribution < -0.4 is 15.5 Å². The molecule has 2 aliphatic rings. The van der Waals surface area contributed by atoms with Crippen LogP contribution in [0.4, 0.5) is 10.2 Å². The second-order valence-corrected chi connectivity index (χ2v) is 8.38. The van der Waals surface area contributed by atoms with Crippen LogP contribution in [0.3, 0.4) is 0 Å². The minimum absolute atomic E-state index is 0.0193. The first kappa shape index (κ1) is 20.6. The molecule has 1 aliphatic heterocycles. The maximum absolute atomic E-state index is 13.6. The van der Waals surface area contributed by atoms with Crippen molar-refractivity contribution < 1.29 is 4.39 Å². The number of hydrogen-bond donors (Lipinski definition) is 2. The molecule has 0 atom stereocenters. The van der Waals surface area contributed by atoms with Gasteiger partial charge in [0.2, 0.25) is 0 Å². The smallest absolute Gasteiger partial charge is 0.191 e. The molecule has 30 heavy (non-hydrogen) atoms. The molecule has 2 aromatic rings. The van der Waals surface area contributed by atoms with E-state index in [0.29, 0.717) is 6.54 Å². The number of likely N-dealkylation sites (N-methyl/N-ethyl adjacent to an activating group) is 1. The van der Waals surface area contributed by atoms with Gasteiger partial charge in [-0.3, -0.25) is 4.99 Å². The molecule has 1 aromatic heterocycles. The number of benzene rings is 1. The van der Waals surface area contributed by atoms with Crippen LogP contribution in [0.2, 0.25) is 0 Å². The summed E-state index contributed by atoms with van der Waals surface area (Å²) in [5, 5.41) is 6.77. The highest BCUT2D eigenvalue weighted by atomic mass is 19.1. The van der Waals surface area contributed by atoms with Crippen LogP contribution in [0.1, 0.15) is 24.0 Å². The normalized spacial score (nSPS) is 18.9. The predicted octanol–water partition coefficient (Wildman–Crippen LogP) is 2.37. The highest BCUT2D eigenvalue weighted by molar-refractivity contribution is 5.79. The molecule has 1 saturated heterocycles. The Morgan fingerprint density at radius 3 is 2.57 bits per heavy atom. The van der Waals surface area contributed by atoms with Crippen LogP contribution in [0.25, 0.3) is 0 Å². The van der Waals surface area contributed by atoms with E-state index >= 15 is 0 Å². The number of nitrogens with zero attached hydrogens (tertiary/aromatic N) is 4. The Morgan fingerprint density at radius 2 is 1.93 bits per heavy atom. The molecule has 160 valence electrons. The molecule has 0 unspecified atom stereocenters. The fourth-order valence-corrected chi connectivity index (χ4v) is 3.94. The van der Waals surface area contributed by atoms with Gasteiger partial charge in [-0.25, -0.2) is 9.37 Å². The molecule has 7 heteroatoms. The van der Waals surface area contributed by atoms with E-state index in [1.54, 1.807) is 19.2 Å². The average molecular weight is 411 g/mol. The molecule has 2 heterocycles. The van der Waals surface area contributed by atoms with Crippen molar-refractivity contribution >= 4 is 11.8 Å². The molecule has 4 rings (SSSR count). The molecule has 1 saturated carbocycles. The molecular weight excluding hydrogens is 379 g/mol. The molecule has 1 aromatic carbocycles. The summed E-state index contributed by atoms with van der Waals surface area (Å²) in [4.78, 5) is 13.6. The number of rotatable bonds is 6. The second-order valence-electron chi connectivity index (χ2n) is 8.38. The summed E-state index contributed by atoms with van der Waals surface area (Å²) in [6.45, 7) is 5.59. The average Bonchev–Trinajstić information content (AvgIpc) is 3.56. The predicted molar refractivity (Wildman–Crippen MR) is 119 cm³/mol. The Balaban J connectivity index is 1.27. The van der Waals surface area contributed by atoms with E-state index in [9.17, 15) is 4.39 Å². The number of nitrogens with one attached hydrogen (secondary N) is 2. The Morgan fingerprint density at radius 1 is 1.13 bits per heavy atom. The lowest BCUT2D eigenvalue weighted by molar-refractivity contribution is 0.312. The largest absolute Gasteiger partial charge is 0.356 e. The van der Waals surface area contributed by atoms with E-state index in [0.717, 1.165) is 68.5 Å². The Labute approximate surface area is 178 Å². The van der Waals surface area contributed by atoms with Gasteiger partial charge in [-0.2, -0.15) is 0 Å². The Kier molecular flexibility index (Phi) is 6.18. The number of anilines is 1. The molecule has 0 spiro atoms. The molecular formula is C23H31FN6. The summed E-state index contributed by atoms with van der Waals surface area (Å²) in [5.41, 5.74) is 2.20. The van der Waals surface area contributed by atoms with Gasteiger partial charge < -0.3 is 20.4 Å². The summed E-state index contributed by atoms with van der Waals surface area (Å²) >= 11 is 0. The van der Waals surface area contributed by atoms with E-state index in [1.165, 1.54) is 6.07 Å². The minimum atomic E-state index is -0.172. The summed E-state index contributed by atoms with van der Waals surface area (Å²) in [7, 11) is 3.93. The summed E-state index contributed by atoms with van der Waals surface area (Å²) in [6.07, 6.45) is 4.07. The van der Waals surface area contributed by atoms with Crippen molar-refractivity contribution in [3.05, 3.63) is 59.5 Å². The summed E-state index contributed by atoms with van der Waals surface area (Å²) in [6, 6.07) is 11.2. The van der Waals surface area contributed by atoms with Crippen molar-refractivity contribution in [2.75, 3.05) is 51.7 Å². The van der Waals surface area contributed by atoms with Crippen molar-refractivity contribution in [2.24, 2.45) is 4.99 Å². The van der Waals surface area contributed by atoms with E-state index in [-0.39, 0.29) is 11.2 Å². The van der Waals surface area contributed by atoms with E-state index in [2.05, 4.69) is 49.6 Å². The fraction of sp³-hybridized carbons (Fsp3) is 0.478. The van der Waals surface area contributed by atoms with Crippen LogP contribution in [-0.2, 0) is 12.0 Å². The van der Waals surface area contributed by atoms with Crippen LogP contribution >= 0.6 is 0 Å². The van der Waals surface area contributed by atoms with Crippen LogP contribution in [0.15, 0.2) is 47.6 Å². The lowest BCUT2D eigenvalue weighted by atomic mass is 9.96. The zero-order valence-electron chi connectivity index (χ0n) is 17.9. The Hall–Kier alpha value is -2.67. The van der Waals surface area contributed by atoms with Crippen LogP contribution in [-0.4, -0.2) is 62.7 Å². The van der Waals surface area contributed by atoms with Gasteiger partial charge in [0.05, 0.1) is 0 Å². The third kappa shape index (κ3) is 4.90. The van der Waals surface area contributed by atoms with Gasteiger partial charge in [-0.15, -0.1) is 0 Å². The van der Waals surface area contributed by atoms with Crippen molar-refractivity contribution in [2.45, 2.75) is 24.8 Å². The molecule has 6 nitrogen and oxygen atoms in total. The van der Waals surface area contributed by atoms with E-state index < -0.39 is 0 Å². The van der Waals surface area contributed by atoms with E-state index in [1.807, 2.05) is 12.3 Å². The first-order valence-electron chi connectivity index (χ1n) is 10.7. The second kappa shape index (κ2) is 9.00. The van der Waals surface area contributed by atoms with Gasteiger partial charge in [-0.1, -0.05) is 18.2 Å². The number of aromatic nitrogens is 1. The number of halogens is 1. The van der Waals surface area contributed by atoms with Gasteiger partial charge in [0, 0.05) is 57.9 Å². The number of pyridine rings is 1. The van der Waals surface area contributed by atoms with Crippen molar-refractivity contribution in [3.8, 4) is 0 Å². The van der Waals surface area contributed by atoms with Crippen LogP contribution in [0, 0.1) is 5.82 Å². The van der Waals surface area contributed by atoms with Crippen LogP contribution in [0.5, 0.6) is 0 Å². The lowest BCUT2D eigenvalue weighted by Crippen LogP contribution is -2.44. The number of hydrogen-bond acceptors (Lipinski definition) is 4. The lowest BCUT2D eigenvalue weighted by Gasteiger charge is -2.33. The maximum atomic E-state index is 13.6. The quantitative estimate of drug-likeness (QED) is 0.566. The first-order valence-corrected chi connectivity index (χ1v) is 10.7. The zero-order valence-corrected chi connectivity index (χ0v) is 17.9. The third-order valence-corrected chi connectivity index (χ3v) is 6.20. The standard InChI is InChI=1S/C23H31FN6/c1-25-22(28-17-23(8-9-23)19-4-3-5-20(24)14-19)27-16-18-6-7-21(26-15-18)30-12-10-29(2)11-13-30/h3-7,14-15H,8-13,16-17H2,1-2H3,(H2,25,27,28). The van der Waals surface area contributed by atoms with Gasteiger partial charge in [0.25, 0.3) is 0 Å². The van der Waals surface area contributed by atoms with Gasteiger partial charge >= 0.3 is 0 Å². The fourth-order valence-electron chi connectivity index (χ4n) is 3.94. The van der Waals surface area contributed by atoms with Gasteiger partial charge in [-0.05, 0) is 49.2 Å². The maximum Gasteiger partial charge on any atom is 0.191 e. The molecule has 0 bridgehead atoms. The molecule has 2 N–H and O–H groups in total. The number of piperazine rings is 1. The monoisotopic (exact) mass is 410 g/mol. The highest BCUT2D eigenvalue weighted by Gasteiger charge is 2.44. The SMILES string of the molecule is CN=C(NCc1ccc(N2CCN(C)CC2)nc1)NCC1(c2cccc(F)c2)CC1. The van der Waals surface area contributed by atoms with Crippen molar-refractivity contribution in [1.82, 2.24) is 20.5 Å². The minimum Gasteiger partial charge on any atom is -0.356 e. The van der Waals surface area contributed by atoms with Crippen molar-refractivity contribution in [3.63, 3.8) is 0 Å². The van der Waals surface area contributed by atoms with Crippen molar-refractivity contribution in [1.29, 1.82) is 0 Å². The molecule has 0 amide bonds. The Bertz CT molecular complexity index is 870. The van der Waals surface area contributed by atoms with Gasteiger partial charge in [0.15, 0.2) is 5.96 Å². The number of guanidine groups is 1. The molecule has 1 aliphatic carbocycles. The number of aliphatic imine (C=N–C) groups is 1. The third-order valence-electron chi connectivity index (χ3n) is 6.20. The molecule has 0 radical (unpaired) electrons. The summed E-state index contributed by atoms with van der Waals surface area (Å²) in [5.74, 6) is 1.62. The van der Waals surface area contributed by atoms with E-state index in [4.69, 9.17) is 0 Å². The molecule has 2 fully saturated rings. The first-order chi connectivity index (χ1) is 14.6.